The number of ether oxygens (including phenoxy) is 1. The molecule has 222 valence electrons. The number of rotatable bonds is 6. The molecule has 42 heavy (non-hydrogen) atoms. The summed E-state index contributed by atoms with van der Waals surface area (Å²) in [6.07, 6.45) is 4.30. The predicted molar refractivity (Wildman–Crippen MR) is 135 cm³/mol. The largest absolute Gasteiger partial charge is 0.511 e. The molecule has 4 aromatic heterocycles. The monoisotopic (exact) mass is 609 g/mol. The van der Waals surface area contributed by atoms with Crippen molar-refractivity contribution in [2.45, 2.75) is 51.5 Å². The van der Waals surface area contributed by atoms with E-state index in [-0.39, 0.29) is 34.7 Å². The van der Waals surface area contributed by atoms with Crippen LogP contribution in [0.15, 0.2) is 18.5 Å². The highest BCUT2D eigenvalue weighted by Gasteiger charge is 2.50. The minimum atomic E-state index is -5.55. The molecule has 4 aromatic rings. The van der Waals surface area contributed by atoms with E-state index in [9.17, 15) is 26.4 Å². The van der Waals surface area contributed by atoms with Gasteiger partial charge < -0.3 is 10.1 Å². The van der Waals surface area contributed by atoms with Gasteiger partial charge in [0.2, 0.25) is 11.6 Å². The van der Waals surface area contributed by atoms with Crippen LogP contribution in [0.25, 0.3) is 17.3 Å². The number of pyridine rings is 1. The van der Waals surface area contributed by atoms with Crippen molar-refractivity contribution in [3.63, 3.8) is 0 Å². The van der Waals surface area contributed by atoms with Gasteiger partial charge in [-0.25, -0.2) is 37.4 Å². The van der Waals surface area contributed by atoms with Gasteiger partial charge in [-0.3, -0.25) is 9.20 Å². The average Bonchev–Trinajstić information content (AvgIpc) is 3.54. The molecule has 0 spiro atoms. The van der Waals surface area contributed by atoms with Crippen molar-refractivity contribution in [3.8, 4) is 11.5 Å². The van der Waals surface area contributed by atoms with Crippen molar-refractivity contribution in [1.29, 1.82) is 0 Å². The van der Waals surface area contributed by atoms with Crippen LogP contribution in [0.1, 0.15) is 45.8 Å². The molecule has 0 saturated heterocycles. The highest BCUT2D eigenvalue weighted by molar-refractivity contribution is 7.89. The number of aryl methyl sites for hydroxylation is 1. The molecule has 13 nitrogen and oxygen atoms in total. The highest BCUT2D eigenvalue weighted by Crippen LogP contribution is 2.30. The number of aromatic nitrogens is 7. The van der Waals surface area contributed by atoms with Gasteiger partial charge in [-0.2, -0.15) is 17.5 Å². The van der Waals surface area contributed by atoms with Crippen LogP contribution in [0.5, 0.6) is 0 Å². The number of carbonyl (C=O) groups excluding carboxylic acids is 1. The average molecular weight is 610 g/mol. The second-order valence-corrected chi connectivity index (χ2v) is 11.6. The van der Waals surface area contributed by atoms with E-state index >= 15 is 4.39 Å². The number of nitrogens with zero attached hydrogens (tertiary/aromatic N) is 8. The number of fused-ring (bicyclic) bond motifs is 3. The van der Waals surface area contributed by atoms with Gasteiger partial charge in [0.05, 0.1) is 37.7 Å². The Balaban J connectivity index is 1.18. The Morgan fingerprint density at radius 2 is 2.00 bits per heavy atom. The van der Waals surface area contributed by atoms with E-state index in [1.165, 1.54) is 10.9 Å². The quantitative estimate of drug-likeness (QED) is 0.323. The van der Waals surface area contributed by atoms with Crippen LogP contribution in [0.3, 0.4) is 0 Å². The zero-order chi connectivity index (χ0) is 29.8. The molecule has 2 aliphatic heterocycles. The number of hydrogen-bond donors (Lipinski definition) is 1. The van der Waals surface area contributed by atoms with Gasteiger partial charge in [-0.15, -0.1) is 5.10 Å². The summed E-state index contributed by atoms with van der Waals surface area (Å²) in [6.45, 7) is 1.41. The highest BCUT2D eigenvalue weighted by atomic mass is 32.2. The third-order valence-corrected chi connectivity index (χ3v) is 8.56. The molecule has 0 atom stereocenters. The van der Waals surface area contributed by atoms with Gasteiger partial charge in [0.25, 0.3) is 5.91 Å². The molecule has 0 unspecified atom stereocenters. The smallest absolute Gasteiger partial charge is 0.375 e. The van der Waals surface area contributed by atoms with Gasteiger partial charge in [-0.05, 0) is 30.0 Å². The Morgan fingerprint density at radius 3 is 2.74 bits per heavy atom. The Kier molecular flexibility index (Phi) is 6.93. The lowest BCUT2D eigenvalue weighted by molar-refractivity contribution is -0.0496. The molecule has 0 saturated carbocycles. The van der Waals surface area contributed by atoms with Crippen LogP contribution in [-0.2, 0) is 53.8 Å². The third-order valence-electron chi connectivity index (χ3n) is 6.98. The molecular weight excluding hydrogens is 586 g/mol. The lowest BCUT2D eigenvalue weighted by atomic mass is 10.1. The fourth-order valence-corrected chi connectivity index (χ4v) is 5.73. The van der Waals surface area contributed by atoms with Crippen molar-refractivity contribution in [1.82, 2.24) is 43.7 Å². The van der Waals surface area contributed by atoms with E-state index in [1.54, 1.807) is 4.40 Å². The molecule has 1 N–H and O–H groups in total. The topological polar surface area (TPSA) is 149 Å². The van der Waals surface area contributed by atoms with E-state index in [4.69, 9.17) is 4.74 Å². The van der Waals surface area contributed by atoms with Gasteiger partial charge in [0.15, 0.2) is 5.82 Å². The summed E-state index contributed by atoms with van der Waals surface area (Å²) in [6, 6.07) is 1.14. The summed E-state index contributed by atoms with van der Waals surface area (Å²) >= 11 is 0. The normalized spacial score (nSPS) is 15.9. The molecule has 0 radical (unpaired) electrons. The van der Waals surface area contributed by atoms with E-state index < -0.39 is 40.3 Å². The summed E-state index contributed by atoms with van der Waals surface area (Å²) < 4.78 is 86.0. The first kappa shape index (κ1) is 28.1. The Labute approximate surface area is 235 Å². The molecule has 2 aliphatic rings. The van der Waals surface area contributed by atoms with Crippen LogP contribution in [0.4, 0.5) is 17.6 Å². The standard InChI is InChI=1S/C24H23F4N9O4S/c1-2-16-20(36-10-14-3-6-41-12-17(14)32-23(36)31-16)22(38)30-9-13-7-15(25)19(29-8-13)21-33-18-11-35(4-5-37(18)34-21)42(39,40)24(26,27)28/h7-8,10H,2-6,9,11-12H2,1H3,(H,30,38). The molecule has 18 heteroatoms. The molecule has 6 heterocycles. The van der Waals surface area contributed by atoms with Gasteiger partial charge in [-0.1, -0.05) is 6.92 Å². The van der Waals surface area contributed by atoms with Crippen molar-refractivity contribution in [2.24, 2.45) is 0 Å². The first-order valence-electron chi connectivity index (χ1n) is 12.9. The Morgan fingerprint density at radius 1 is 1.19 bits per heavy atom. The first-order valence-corrected chi connectivity index (χ1v) is 14.3. The number of halogens is 4. The van der Waals surface area contributed by atoms with Crippen LogP contribution >= 0.6 is 0 Å². The lowest BCUT2D eigenvalue weighted by Gasteiger charge is -2.26. The Hall–Kier alpha value is -4.03. The maximum Gasteiger partial charge on any atom is 0.511 e. The third kappa shape index (κ3) is 4.88. The molecule has 6 rings (SSSR count). The zero-order valence-electron chi connectivity index (χ0n) is 22.0. The van der Waals surface area contributed by atoms with E-state index in [0.717, 1.165) is 17.3 Å². The second-order valence-electron chi connectivity index (χ2n) is 9.66. The van der Waals surface area contributed by atoms with Gasteiger partial charge in [0, 0.05) is 25.5 Å². The van der Waals surface area contributed by atoms with Gasteiger partial charge >= 0.3 is 15.5 Å². The lowest BCUT2D eigenvalue weighted by Crippen LogP contribution is -2.44. The summed E-state index contributed by atoms with van der Waals surface area (Å²) in [5, 5.41) is 6.84. The fourth-order valence-electron chi connectivity index (χ4n) is 4.83. The summed E-state index contributed by atoms with van der Waals surface area (Å²) in [5.41, 5.74) is -2.76. The van der Waals surface area contributed by atoms with Crippen LogP contribution in [-0.4, -0.2) is 71.4 Å². The maximum absolute atomic E-state index is 15.1. The van der Waals surface area contributed by atoms with Crippen LogP contribution in [0, 0.1) is 5.82 Å². The number of imidazole rings is 1. The Bertz CT molecular complexity index is 1820. The van der Waals surface area contributed by atoms with Crippen molar-refractivity contribution < 1.29 is 35.5 Å². The SMILES string of the molecule is CCc1nc2nc3c(cn2c1C(=O)NCc1cnc(-c2nc4n(n2)CCN(S(=O)(=O)C(F)(F)F)C4)c(F)c1)CCOC3. The molecule has 0 fully saturated rings. The number of carbonyl (C=O) groups is 1. The zero-order valence-corrected chi connectivity index (χ0v) is 22.8. The predicted octanol–water partition coefficient (Wildman–Crippen LogP) is 1.75. The number of sulfonamides is 1. The van der Waals surface area contributed by atoms with Crippen molar-refractivity contribution >= 4 is 21.7 Å². The van der Waals surface area contributed by atoms with Crippen molar-refractivity contribution in [2.75, 3.05) is 13.2 Å². The van der Waals surface area contributed by atoms with E-state index in [1.807, 2.05) is 13.1 Å². The molecule has 0 aromatic carbocycles. The van der Waals surface area contributed by atoms with Crippen LogP contribution in [0.2, 0.25) is 0 Å². The summed E-state index contributed by atoms with van der Waals surface area (Å²) in [4.78, 5) is 30.3. The number of hydrogen-bond acceptors (Lipinski definition) is 9. The number of amides is 1. The summed E-state index contributed by atoms with van der Waals surface area (Å²) in [5.74, 6) is -1.16. The molecule has 0 aliphatic carbocycles. The maximum atomic E-state index is 15.1. The van der Waals surface area contributed by atoms with E-state index in [0.29, 0.717) is 48.8 Å². The number of alkyl halides is 3. The van der Waals surface area contributed by atoms with Crippen molar-refractivity contribution in [3.05, 3.63) is 58.3 Å². The number of nitrogens with one attached hydrogen (secondary N) is 1. The molecule has 1 amide bonds. The minimum Gasteiger partial charge on any atom is -0.375 e. The second kappa shape index (κ2) is 10.4. The molecule has 0 bridgehead atoms. The van der Waals surface area contributed by atoms with Gasteiger partial charge in [0.1, 0.15) is 17.2 Å². The minimum absolute atomic E-state index is 0.0665. The van der Waals surface area contributed by atoms with E-state index in [2.05, 4.69) is 30.4 Å². The first-order chi connectivity index (χ1) is 20.0. The van der Waals surface area contributed by atoms with Crippen LogP contribution < -0.4 is 5.32 Å². The molecular formula is C24H23F4N9O4S. The fraction of sp³-hybridized carbons (Fsp3) is 0.417. The summed E-state index contributed by atoms with van der Waals surface area (Å²) in [7, 11) is -5.55.